The lowest BCUT2D eigenvalue weighted by Gasteiger charge is -2.01. The van der Waals surface area contributed by atoms with Gasteiger partial charge in [-0.05, 0) is 39.5 Å². The van der Waals surface area contributed by atoms with Gasteiger partial charge in [-0.2, -0.15) is 4.98 Å². The van der Waals surface area contributed by atoms with Crippen LogP contribution < -0.4 is 5.73 Å². The van der Waals surface area contributed by atoms with Gasteiger partial charge < -0.3 is 10.3 Å². The molecule has 0 fully saturated rings. The highest BCUT2D eigenvalue weighted by Crippen LogP contribution is 2.26. The van der Waals surface area contributed by atoms with E-state index in [9.17, 15) is 0 Å². The molecule has 0 bridgehead atoms. The molecule has 0 aliphatic rings. The minimum atomic E-state index is -0.399. The standard InChI is InChI=1S/C12H9BrN4OS/c13-7-3-1-5-15-10(7)11-16-12(18-17-11)9(14)8-4-2-6-19-8/h1-6,9H,14H2. The van der Waals surface area contributed by atoms with Crippen LogP contribution in [0, 0.1) is 0 Å². The molecule has 3 rings (SSSR count). The molecule has 5 nitrogen and oxygen atoms in total. The number of nitrogens with two attached hydrogens (primary N) is 1. The summed E-state index contributed by atoms with van der Waals surface area (Å²) in [6.45, 7) is 0. The SMILES string of the molecule is NC(c1nc(-c2ncccc2Br)no1)c1cccs1. The number of pyridine rings is 1. The summed E-state index contributed by atoms with van der Waals surface area (Å²) < 4.78 is 6.03. The molecule has 0 aliphatic heterocycles. The highest BCUT2D eigenvalue weighted by atomic mass is 79.9. The molecule has 2 N–H and O–H groups in total. The molecule has 0 aromatic carbocycles. The van der Waals surface area contributed by atoms with E-state index in [1.165, 1.54) is 0 Å². The van der Waals surface area contributed by atoms with E-state index in [0.29, 0.717) is 17.4 Å². The molecule has 3 heterocycles. The van der Waals surface area contributed by atoms with Gasteiger partial charge in [0.25, 0.3) is 0 Å². The van der Waals surface area contributed by atoms with E-state index >= 15 is 0 Å². The predicted molar refractivity (Wildman–Crippen MR) is 75.6 cm³/mol. The van der Waals surface area contributed by atoms with Gasteiger partial charge in [0.05, 0.1) is 0 Å². The Kier molecular flexibility index (Phi) is 3.41. The molecular formula is C12H9BrN4OS. The van der Waals surface area contributed by atoms with Crippen LogP contribution in [0.5, 0.6) is 0 Å². The fourth-order valence-electron chi connectivity index (χ4n) is 1.60. The third kappa shape index (κ3) is 2.44. The first-order chi connectivity index (χ1) is 9.25. The van der Waals surface area contributed by atoms with Crippen molar-refractivity contribution < 1.29 is 4.52 Å². The van der Waals surface area contributed by atoms with E-state index in [-0.39, 0.29) is 0 Å². The van der Waals surface area contributed by atoms with Crippen LogP contribution in [0.2, 0.25) is 0 Å². The Morgan fingerprint density at radius 2 is 2.21 bits per heavy atom. The second-order valence-corrected chi connectivity index (χ2v) is 5.62. The molecule has 96 valence electrons. The van der Waals surface area contributed by atoms with E-state index in [1.807, 2.05) is 29.6 Å². The van der Waals surface area contributed by atoms with E-state index in [2.05, 4.69) is 31.1 Å². The number of rotatable bonds is 3. The third-order valence-electron chi connectivity index (χ3n) is 2.53. The van der Waals surface area contributed by atoms with Crippen molar-refractivity contribution in [2.75, 3.05) is 0 Å². The Morgan fingerprint density at radius 3 is 2.95 bits per heavy atom. The summed E-state index contributed by atoms with van der Waals surface area (Å²) in [5, 5.41) is 5.88. The molecular weight excluding hydrogens is 328 g/mol. The van der Waals surface area contributed by atoms with Crippen molar-refractivity contribution in [2.24, 2.45) is 5.73 Å². The molecule has 0 saturated heterocycles. The topological polar surface area (TPSA) is 77.8 Å². The van der Waals surface area contributed by atoms with E-state index in [4.69, 9.17) is 10.3 Å². The molecule has 0 saturated carbocycles. The van der Waals surface area contributed by atoms with Crippen molar-refractivity contribution in [3.63, 3.8) is 0 Å². The molecule has 0 aliphatic carbocycles. The summed E-state index contributed by atoms with van der Waals surface area (Å²) in [6, 6.07) is 7.18. The monoisotopic (exact) mass is 336 g/mol. The summed E-state index contributed by atoms with van der Waals surface area (Å²) in [5.74, 6) is 0.810. The summed E-state index contributed by atoms with van der Waals surface area (Å²) in [5.41, 5.74) is 6.71. The number of halogens is 1. The maximum atomic E-state index is 6.07. The third-order valence-corrected chi connectivity index (χ3v) is 4.12. The van der Waals surface area contributed by atoms with Crippen LogP contribution in [-0.2, 0) is 0 Å². The maximum absolute atomic E-state index is 6.07. The highest BCUT2D eigenvalue weighted by molar-refractivity contribution is 9.10. The average molecular weight is 337 g/mol. The minimum absolute atomic E-state index is 0.384. The number of hydrogen-bond acceptors (Lipinski definition) is 6. The zero-order valence-electron chi connectivity index (χ0n) is 9.65. The largest absolute Gasteiger partial charge is 0.337 e. The van der Waals surface area contributed by atoms with Gasteiger partial charge in [0.15, 0.2) is 0 Å². The van der Waals surface area contributed by atoms with Crippen molar-refractivity contribution in [3.05, 3.63) is 51.1 Å². The zero-order chi connectivity index (χ0) is 13.2. The fourth-order valence-corrected chi connectivity index (χ4v) is 2.75. The zero-order valence-corrected chi connectivity index (χ0v) is 12.1. The smallest absolute Gasteiger partial charge is 0.249 e. The van der Waals surface area contributed by atoms with Crippen LogP contribution >= 0.6 is 27.3 Å². The van der Waals surface area contributed by atoms with Crippen LogP contribution in [0.25, 0.3) is 11.5 Å². The maximum Gasteiger partial charge on any atom is 0.249 e. The van der Waals surface area contributed by atoms with Gasteiger partial charge >= 0.3 is 0 Å². The Labute approximate surface area is 121 Å². The van der Waals surface area contributed by atoms with Crippen molar-refractivity contribution in [2.45, 2.75) is 6.04 Å². The molecule has 0 spiro atoms. The van der Waals surface area contributed by atoms with Gasteiger partial charge in [0.1, 0.15) is 11.7 Å². The van der Waals surface area contributed by atoms with Crippen molar-refractivity contribution >= 4 is 27.3 Å². The first kappa shape index (κ1) is 12.5. The van der Waals surface area contributed by atoms with Gasteiger partial charge in [-0.3, -0.25) is 4.98 Å². The minimum Gasteiger partial charge on any atom is -0.337 e. The summed E-state index contributed by atoms with van der Waals surface area (Å²) in [4.78, 5) is 9.50. The quantitative estimate of drug-likeness (QED) is 0.795. The number of nitrogens with zero attached hydrogens (tertiary/aromatic N) is 3. The normalized spacial score (nSPS) is 12.5. The second-order valence-electron chi connectivity index (χ2n) is 3.78. The molecule has 3 aromatic rings. The lowest BCUT2D eigenvalue weighted by atomic mass is 10.2. The molecule has 1 atom stereocenters. The van der Waals surface area contributed by atoms with Crippen LogP contribution in [0.15, 0.2) is 44.8 Å². The summed E-state index contributed by atoms with van der Waals surface area (Å²) in [7, 11) is 0. The van der Waals surface area contributed by atoms with E-state index in [0.717, 1.165) is 9.35 Å². The van der Waals surface area contributed by atoms with Crippen LogP contribution in [0.3, 0.4) is 0 Å². The summed E-state index contributed by atoms with van der Waals surface area (Å²) in [6.07, 6.45) is 1.68. The van der Waals surface area contributed by atoms with E-state index < -0.39 is 6.04 Å². The molecule has 0 radical (unpaired) electrons. The number of thiophene rings is 1. The van der Waals surface area contributed by atoms with Crippen LogP contribution in [-0.4, -0.2) is 15.1 Å². The van der Waals surface area contributed by atoms with Crippen LogP contribution in [0.1, 0.15) is 16.8 Å². The summed E-state index contributed by atoms with van der Waals surface area (Å²) >= 11 is 4.96. The van der Waals surface area contributed by atoms with Crippen molar-refractivity contribution in [3.8, 4) is 11.5 Å². The molecule has 7 heteroatoms. The Morgan fingerprint density at radius 1 is 1.32 bits per heavy atom. The predicted octanol–water partition coefficient (Wildman–Crippen LogP) is 3.00. The van der Waals surface area contributed by atoms with Crippen molar-refractivity contribution in [1.29, 1.82) is 0 Å². The van der Waals surface area contributed by atoms with E-state index in [1.54, 1.807) is 17.5 Å². The van der Waals surface area contributed by atoms with Gasteiger partial charge in [-0.15, -0.1) is 11.3 Å². The Hall–Kier alpha value is -1.57. The van der Waals surface area contributed by atoms with Crippen LogP contribution in [0.4, 0.5) is 0 Å². The van der Waals surface area contributed by atoms with Gasteiger partial charge in [-0.25, -0.2) is 0 Å². The number of hydrogen-bond donors (Lipinski definition) is 1. The first-order valence-corrected chi connectivity index (χ1v) is 7.16. The van der Waals surface area contributed by atoms with Gasteiger partial charge in [0, 0.05) is 15.5 Å². The molecule has 3 aromatic heterocycles. The molecule has 1 unspecified atom stereocenters. The number of aromatic nitrogens is 3. The molecule has 19 heavy (non-hydrogen) atoms. The lowest BCUT2D eigenvalue weighted by molar-refractivity contribution is 0.368. The Bertz CT molecular complexity index is 683. The van der Waals surface area contributed by atoms with Crippen molar-refractivity contribution in [1.82, 2.24) is 15.1 Å². The fraction of sp³-hybridized carbons (Fsp3) is 0.0833. The first-order valence-electron chi connectivity index (χ1n) is 5.49. The highest BCUT2D eigenvalue weighted by Gasteiger charge is 2.19. The average Bonchev–Trinajstić information content (AvgIpc) is 3.10. The Balaban J connectivity index is 1.94. The lowest BCUT2D eigenvalue weighted by Crippen LogP contribution is -2.10. The molecule has 0 amide bonds. The van der Waals surface area contributed by atoms with Gasteiger partial charge in [-0.1, -0.05) is 11.2 Å². The van der Waals surface area contributed by atoms with Gasteiger partial charge in [0.2, 0.25) is 11.7 Å². The second kappa shape index (κ2) is 5.20.